The van der Waals surface area contributed by atoms with E-state index in [1.165, 1.54) is 5.56 Å². The summed E-state index contributed by atoms with van der Waals surface area (Å²) >= 11 is 0. The highest BCUT2D eigenvalue weighted by Gasteiger charge is 2.17. The van der Waals surface area contributed by atoms with Crippen LogP contribution in [0.3, 0.4) is 0 Å². The normalized spacial score (nSPS) is 16.8. The zero-order valence-corrected chi connectivity index (χ0v) is 17.0. The van der Waals surface area contributed by atoms with Crippen molar-refractivity contribution in [2.75, 3.05) is 19.8 Å². The van der Waals surface area contributed by atoms with Gasteiger partial charge >= 0.3 is 0 Å². The second kappa shape index (κ2) is 11.0. The molecule has 140 valence electrons. The van der Waals surface area contributed by atoms with Gasteiger partial charge in [0.2, 0.25) is 5.88 Å². The van der Waals surface area contributed by atoms with Crippen molar-refractivity contribution in [3.05, 3.63) is 59.8 Å². The molecule has 3 N–H and O–H groups in total. The van der Waals surface area contributed by atoms with Crippen molar-refractivity contribution in [1.82, 2.24) is 10.3 Å². The zero-order valence-electron chi connectivity index (χ0n) is 14.6. The molecule has 3 rings (SSSR count). The molecule has 0 bridgehead atoms. The zero-order chi connectivity index (χ0) is 17.3. The van der Waals surface area contributed by atoms with Crippen molar-refractivity contribution in [2.45, 2.75) is 25.5 Å². The highest BCUT2D eigenvalue weighted by atomic mass is 127. The maximum atomic E-state index is 5.93. The molecule has 1 aromatic carbocycles. The van der Waals surface area contributed by atoms with Crippen LogP contribution in [0, 0.1) is 0 Å². The van der Waals surface area contributed by atoms with Crippen molar-refractivity contribution in [3.63, 3.8) is 0 Å². The Morgan fingerprint density at radius 1 is 1.27 bits per heavy atom. The summed E-state index contributed by atoms with van der Waals surface area (Å²) in [5, 5.41) is 3.14. The van der Waals surface area contributed by atoms with Crippen LogP contribution in [-0.2, 0) is 17.7 Å². The number of nitrogens with two attached hydrogens (primary N) is 1. The van der Waals surface area contributed by atoms with Gasteiger partial charge in [-0.05, 0) is 23.6 Å². The Labute approximate surface area is 171 Å². The van der Waals surface area contributed by atoms with Gasteiger partial charge in [0, 0.05) is 25.2 Å². The molecule has 0 saturated carbocycles. The van der Waals surface area contributed by atoms with Crippen LogP contribution < -0.4 is 15.8 Å². The van der Waals surface area contributed by atoms with E-state index in [9.17, 15) is 0 Å². The molecule has 2 heterocycles. The molecule has 0 amide bonds. The number of nitrogens with one attached hydrogen (secondary N) is 1. The Morgan fingerprint density at radius 2 is 2.12 bits per heavy atom. The molecule has 7 heteroatoms. The third-order valence-electron chi connectivity index (χ3n) is 3.97. The molecule has 2 aromatic rings. The number of aliphatic imine (C=N–C) groups is 1. The van der Waals surface area contributed by atoms with Gasteiger partial charge < -0.3 is 20.5 Å². The number of ether oxygens (including phenoxy) is 2. The van der Waals surface area contributed by atoms with E-state index in [2.05, 4.69) is 27.4 Å². The van der Waals surface area contributed by atoms with E-state index in [1.807, 2.05) is 30.3 Å². The van der Waals surface area contributed by atoms with E-state index < -0.39 is 0 Å². The van der Waals surface area contributed by atoms with Crippen molar-refractivity contribution >= 4 is 29.9 Å². The maximum Gasteiger partial charge on any atom is 0.213 e. The summed E-state index contributed by atoms with van der Waals surface area (Å²) in [7, 11) is 0. The van der Waals surface area contributed by atoms with Crippen molar-refractivity contribution in [1.29, 1.82) is 0 Å². The average Bonchev–Trinajstić information content (AvgIpc) is 3.14. The Morgan fingerprint density at radius 3 is 2.88 bits per heavy atom. The highest BCUT2D eigenvalue weighted by Crippen LogP contribution is 2.16. The van der Waals surface area contributed by atoms with Gasteiger partial charge in [0.05, 0.1) is 19.8 Å². The first-order valence-corrected chi connectivity index (χ1v) is 8.56. The largest absolute Gasteiger partial charge is 0.472 e. The topological polar surface area (TPSA) is 81.8 Å². The number of rotatable bonds is 7. The van der Waals surface area contributed by atoms with Crippen LogP contribution in [0.2, 0.25) is 0 Å². The fourth-order valence-corrected chi connectivity index (χ4v) is 2.60. The Kier molecular flexibility index (Phi) is 8.63. The second-order valence-electron chi connectivity index (χ2n) is 5.97. The Balaban J connectivity index is 0.00000243. The lowest BCUT2D eigenvalue weighted by molar-refractivity contribution is 0.138. The van der Waals surface area contributed by atoms with Crippen LogP contribution in [0.4, 0.5) is 0 Å². The molecule has 1 fully saturated rings. The first-order chi connectivity index (χ1) is 12.3. The molecule has 26 heavy (non-hydrogen) atoms. The van der Waals surface area contributed by atoms with Crippen LogP contribution in [0.25, 0.3) is 0 Å². The minimum absolute atomic E-state index is 0. The number of hydrogen-bond acceptors (Lipinski definition) is 4. The van der Waals surface area contributed by atoms with Crippen LogP contribution >= 0.6 is 24.0 Å². The van der Waals surface area contributed by atoms with Gasteiger partial charge in [-0.2, -0.15) is 0 Å². The molecule has 1 atom stereocenters. The quantitative estimate of drug-likeness (QED) is 0.371. The predicted molar refractivity (Wildman–Crippen MR) is 113 cm³/mol. The lowest BCUT2D eigenvalue weighted by Gasteiger charge is -2.11. The summed E-state index contributed by atoms with van der Waals surface area (Å²) in [6, 6.07) is 14.1. The second-order valence-corrected chi connectivity index (χ2v) is 5.97. The Bertz CT molecular complexity index is 691. The summed E-state index contributed by atoms with van der Waals surface area (Å²) in [6.07, 6.45) is 3.64. The van der Waals surface area contributed by atoms with Crippen molar-refractivity contribution in [3.8, 4) is 5.88 Å². The molecule has 1 saturated heterocycles. The number of guanidine groups is 1. The van der Waals surface area contributed by atoms with Gasteiger partial charge in [-0.1, -0.05) is 30.3 Å². The Hall–Kier alpha value is -1.87. The maximum absolute atomic E-state index is 5.93. The van der Waals surface area contributed by atoms with E-state index in [0.29, 0.717) is 25.0 Å². The first kappa shape index (κ1) is 20.4. The van der Waals surface area contributed by atoms with Crippen LogP contribution in [0.1, 0.15) is 17.5 Å². The molecule has 1 aliphatic rings. The lowest BCUT2D eigenvalue weighted by atomic mass is 10.1. The summed E-state index contributed by atoms with van der Waals surface area (Å²) < 4.78 is 11.1. The molecule has 1 aromatic heterocycles. The van der Waals surface area contributed by atoms with Crippen molar-refractivity contribution < 1.29 is 9.47 Å². The molecule has 0 aliphatic carbocycles. The molecule has 0 radical (unpaired) electrons. The van der Waals surface area contributed by atoms with Crippen LogP contribution in [0.5, 0.6) is 5.88 Å². The number of aromatic nitrogens is 1. The smallest absolute Gasteiger partial charge is 0.213 e. The lowest BCUT2D eigenvalue weighted by Crippen LogP contribution is -2.33. The summed E-state index contributed by atoms with van der Waals surface area (Å²) in [5.41, 5.74) is 8.21. The molecular weight excluding hydrogens is 443 g/mol. The third-order valence-corrected chi connectivity index (χ3v) is 3.97. The van der Waals surface area contributed by atoms with Gasteiger partial charge in [-0.25, -0.2) is 9.98 Å². The number of halogens is 1. The van der Waals surface area contributed by atoms with Gasteiger partial charge in [0.15, 0.2) is 5.96 Å². The van der Waals surface area contributed by atoms with E-state index in [0.717, 1.165) is 31.6 Å². The fraction of sp³-hybridized carbons (Fsp3) is 0.368. The predicted octanol–water partition coefficient (Wildman–Crippen LogP) is 2.51. The highest BCUT2D eigenvalue weighted by molar-refractivity contribution is 14.0. The van der Waals surface area contributed by atoms with Gasteiger partial charge in [-0.15, -0.1) is 24.0 Å². The first-order valence-electron chi connectivity index (χ1n) is 8.56. The molecule has 1 unspecified atom stereocenters. The van der Waals surface area contributed by atoms with Crippen molar-refractivity contribution in [2.24, 2.45) is 10.7 Å². The van der Waals surface area contributed by atoms with Gasteiger partial charge in [0.1, 0.15) is 6.10 Å². The van der Waals surface area contributed by atoms with E-state index in [4.69, 9.17) is 15.2 Å². The minimum Gasteiger partial charge on any atom is -0.472 e. The summed E-state index contributed by atoms with van der Waals surface area (Å²) in [6.45, 7) is 2.62. The molecule has 0 spiro atoms. The standard InChI is InChI=1S/C19H24N4O2.HI/c20-19(22-10-6-15-4-2-1-3-5-15)23-13-16-7-9-21-18(12-16)25-17-8-11-24-14-17;/h1-5,7,9,12,17H,6,8,10-11,13-14H2,(H3,20,22,23);1H. The van der Waals surface area contributed by atoms with Gasteiger partial charge in [0.25, 0.3) is 0 Å². The molecule has 1 aliphatic heterocycles. The average molecular weight is 468 g/mol. The SMILES string of the molecule is I.NC(=NCc1ccnc(OC2CCOC2)c1)NCCc1ccccc1. The van der Waals surface area contributed by atoms with E-state index >= 15 is 0 Å². The van der Waals surface area contributed by atoms with Gasteiger partial charge in [-0.3, -0.25) is 0 Å². The summed E-state index contributed by atoms with van der Waals surface area (Å²) in [4.78, 5) is 8.61. The molecule has 6 nitrogen and oxygen atoms in total. The number of nitrogens with zero attached hydrogens (tertiary/aromatic N) is 2. The summed E-state index contributed by atoms with van der Waals surface area (Å²) in [5.74, 6) is 1.05. The van der Waals surface area contributed by atoms with E-state index in [-0.39, 0.29) is 30.1 Å². The third kappa shape index (κ3) is 6.80. The van der Waals surface area contributed by atoms with Crippen LogP contribution in [-0.4, -0.2) is 36.8 Å². The minimum atomic E-state index is 0. The number of pyridine rings is 1. The van der Waals surface area contributed by atoms with Crippen LogP contribution in [0.15, 0.2) is 53.7 Å². The monoisotopic (exact) mass is 468 g/mol. The number of hydrogen-bond donors (Lipinski definition) is 2. The molecular formula is C19H25IN4O2. The van der Waals surface area contributed by atoms with E-state index in [1.54, 1.807) is 6.20 Å². The fourth-order valence-electron chi connectivity index (χ4n) is 2.60. The number of benzene rings is 1.